The van der Waals surface area contributed by atoms with Gasteiger partial charge in [-0.15, -0.1) is 0 Å². The Morgan fingerprint density at radius 3 is 2.50 bits per heavy atom. The summed E-state index contributed by atoms with van der Waals surface area (Å²) >= 11 is 0. The van der Waals surface area contributed by atoms with E-state index in [4.69, 9.17) is 0 Å². The number of nitrogens with one attached hydrogen (secondary N) is 2. The quantitative estimate of drug-likeness (QED) is 0.455. The second-order valence-corrected chi connectivity index (χ2v) is 8.08. The molecule has 1 aliphatic rings. The molecular weight excluding hydrogens is 410 g/mol. The Bertz CT molecular complexity index is 1200. The summed E-state index contributed by atoms with van der Waals surface area (Å²) in [7, 11) is 2.14. The fraction of sp³-hybridized carbons (Fsp3) is 0.304. The highest BCUT2D eigenvalue weighted by Gasteiger charge is 2.16. The summed E-state index contributed by atoms with van der Waals surface area (Å²) in [5, 5.41) is 14.2. The number of piperazine rings is 1. The van der Waals surface area contributed by atoms with Crippen molar-refractivity contribution in [2.75, 3.05) is 45.1 Å². The smallest absolute Gasteiger partial charge is 0.270 e. The predicted octanol–water partition coefficient (Wildman–Crippen LogP) is 2.48. The average molecular weight is 435 g/mol. The third-order valence-electron chi connectivity index (χ3n) is 5.81. The van der Waals surface area contributed by atoms with Gasteiger partial charge in [-0.2, -0.15) is 0 Å². The molecule has 1 fully saturated rings. The number of carbonyl (C=O) groups is 1. The fourth-order valence-electron chi connectivity index (χ4n) is 3.86. The molecule has 9 heteroatoms. The molecule has 3 aromatic rings. The summed E-state index contributed by atoms with van der Waals surface area (Å²) in [6.45, 7) is 5.33. The van der Waals surface area contributed by atoms with E-state index < -0.39 is 16.4 Å². The van der Waals surface area contributed by atoms with Crippen LogP contribution in [0.25, 0.3) is 10.9 Å². The zero-order chi connectivity index (χ0) is 22.7. The molecule has 0 saturated carbocycles. The summed E-state index contributed by atoms with van der Waals surface area (Å²) in [6.07, 6.45) is 0.931. The number of aromatic nitrogens is 1. The van der Waals surface area contributed by atoms with Crippen LogP contribution in [0, 0.1) is 10.1 Å². The summed E-state index contributed by atoms with van der Waals surface area (Å²) < 4.78 is 0. The summed E-state index contributed by atoms with van der Waals surface area (Å²) in [6, 6.07) is 12.8. The van der Waals surface area contributed by atoms with Crippen molar-refractivity contribution in [3.8, 4) is 0 Å². The Hall–Kier alpha value is -3.56. The van der Waals surface area contributed by atoms with Crippen LogP contribution in [0.15, 0.2) is 53.3 Å². The maximum absolute atomic E-state index is 12.9. The zero-order valence-electron chi connectivity index (χ0n) is 17.8. The van der Waals surface area contributed by atoms with Crippen LogP contribution in [-0.4, -0.2) is 65.4 Å². The summed E-state index contributed by atoms with van der Waals surface area (Å²) in [4.78, 5) is 42.8. The number of fused-ring (bicyclic) bond motifs is 1. The maximum Gasteiger partial charge on any atom is 0.270 e. The van der Waals surface area contributed by atoms with E-state index in [-0.39, 0.29) is 11.3 Å². The van der Waals surface area contributed by atoms with Crippen LogP contribution in [0.5, 0.6) is 0 Å². The van der Waals surface area contributed by atoms with Gasteiger partial charge in [-0.05, 0) is 37.2 Å². The predicted molar refractivity (Wildman–Crippen MR) is 123 cm³/mol. The number of H-pyrrole nitrogens is 1. The number of rotatable bonds is 6. The van der Waals surface area contributed by atoms with Gasteiger partial charge in [-0.1, -0.05) is 12.1 Å². The molecule has 0 aliphatic carbocycles. The minimum atomic E-state index is -0.535. The molecule has 0 unspecified atom stereocenters. The normalized spacial score (nSPS) is 15.0. The van der Waals surface area contributed by atoms with E-state index in [1.165, 1.54) is 23.8 Å². The van der Waals surface area contributed by atoms with Crippen LogP contribution >= 0.6 is 0 Å². The molecule has 2 heterocycles. The highest BCUT2D eigenvalue weighted by atomic mass is 16.6. The molecule has 0 atom stereocenters. The van der Waals surface area contributed by atoms with E-state index in [1.54, 1.807) is 0 Å². The number of hydrogen-bond acceptors (Lipinski definition) is 6. The SMILES string of the molecule is CN1CCN(CCc2ccc(NC(=O)c3cc(=O)[nH]c4ccc([N+](=O)[O-])cc34)cc2)CC1. The van der Waals surface area contributed by atoms with Gasteiger partial charge in [0.05, 0.1) is 10.5 Å². The first-order chi connectivity index (χ1) is 15.4. The van der Waals surface area contributed by atoms with Crippen molar-refractivity contribution in [3.05, 3.63) is 80.1 Å². The molecule has 1 amide bonds. The first-order valence-electron chi connectivity index (χ1n) is 10.5. The number of pyridine rings is 1. The van der Waals surface area contributed by atoms with Gasteiger partial charge in [-0.25, -0.2) is 0 Å². The molecule has 2 N–H and O–H groups in total. The van der Waals surface area contributed by atoms with Gasteiger partial charge in [0.15, 0.2) is 0 Å². The lowest BCUT2D eigenvalue weighted by molar-refractivity contribution is -0.384. The number of hydrogen-bond donors (Lipinski definition) is 2. The first-order valence-corrected chi connectivity index (χ1v) is 10.5. The molecular formula is C23H25N5O4. The third-order valence-corrected chi connectivity index (χ3v) is 5.81. The van der Waals surface area contributed by atoms with E-state index in [0.717, 1.165) is 45.2 Å². The maximum atomic E-state index is 12.9. The number of nitro benzene ring substituents is 1. The van der Waals surface area contributed by atoms with Crippen LogP contribution in [0.2, 0.25) is 0 Å². The summed E-state index contributed by atoms with van der Waals surface area (Å²) in [5.41, 5.74) is 1.63. The fourth-order valence-corrected chi connectivity index (χ4v) is 3.86. The second-order valence-electron chi connectivity index (χ2n) is 8.08. The molecule has 1 aliphatic heterocycles. The molecule has 4 rings (SSSR count). The van der Waals surface area contributed by atoms with Gasteiger partial charge in [-0.3, -0.25) is 19.7 Å². The standard InChI is InChI=1S/C23H25N5O4/c1-26-10-12-27(13-11-26)9-8-16-2-4-17(5-3-16)24-23(30)20-15-22(29)25-21-7-6-18(28(31)32)14-19(20)21/h2-7,14-15H,8-13H2,1H3,(H,24,30)(H,25,29). The highest BCUT2D eigenvalue weighted by molar-refractivity contribution is 6.12. The van der Waals surface area contributed by atoms with Crippen LogP contribution in [-0.2, 0) is 6.42 Å². The Kier molecular flexibility index (Phi) is 6.29. The molecule has 166 valence electrons. The number of amides is 1. The topological polar surface area (TPSA) is 112 Å². The monoisotopic (exact) mass is 435 g/mol. The lowest BCUT2D eigenvalue weighted by Gasteiger charge is -2.32. The number of benzene rings is 2. The summed E-state index contributed by atoms with van der Waals surface area (Å²) in [5.74, 6) is -0.494. The van der Waals surface area contributed by atoms with E-state index in [0.29, 0.717) is 16.6 Å². The van der Waals surface area contributed by atoms with Crippen molar-refractivity contribution in [2.45, 2.75) is 6.42 Å². The number of nitrogens with zero attached hydrogens (tertiary/aromatic N) is 3. The minimum absolute atomic E-state index is 0.0894. The van der Waals surface area contributed by atoms with Crippen molar-refractivity contribution in [1.29, 1.82) is 0 Å². The third kappa shape index (κ3) is 5.01. The molecule has 0 spiro atoms. The van der Waals surface area contributed by atoms with Gasteiger partial charge in [0.1, 0.15) is 0 Å². The van der Waals surface area contributed by atoms with Crippen molar-refractivity contribution in [3.63, 3.8) is 0 Å². The number of likely N-dealkylation sites (N-methyl/N-ethyl adjacent to an activating group) is 1. The number of non-ortho nitro benzene ring substituents is 1. The van der Waals surface area contributed by atoms with E-state index in [9.17, 15) is 19.7 Å². The van der Waals surface area contributed by atoms with E-state index in [2.05, 4.69) is 27.1 Å². The molecule has 1 saturated heterocycles. The lowest BCUT2D eigenvalue weighted by atomic mass is 10.1. The first kappa shape index (κ1) is 21.7. The van der Waals surface area contributed by atoms with Gasteiger partial charge < -0.3 is 20.1 Å². The van der Waals surface area contributed by atoms with Crippen LogP contribution in [0.1, 0.15) is 15.9 Å². The number of anilines is 1. The highest BCUT2D eigenvalue weighted by Crippen LogP contribution is 2.22. The van der Waals surface area contributed by atoms with Crippen molar-refractivity contribution in [2.24, 2.45) is 0 Å². The zero-order valence-corrected chi connectivity index (χ0v) is 17.8. The Morgan fingerprint density at radius 1 is 1.09 bits per heavy atom. The number of aromatic amines is 1. The molecule has 32 heavy (non-hydrogen) atoms. The van der Waals surface area contributed by atoms with E-state index in [1.807, 2.05) is 24.3 Å². The Morgan fingerprint density at radius 2 is 1.81 bits per heavy atom. The van der Waals surface area contributed by atoms with Crippen LogP contribution in [0.3, 0.4) is 0 Å². The van der Waals surface area contributed by atoms with Crippen LogP contribution in [0.4, 0.5) is 11.4 Å². The Labute approximate surface area is 184 Å². The minimum Gasteiger partial charge on any atom is -0.322 e. The van der Waals surface area contributed by atoms with Crippen LogP contribution < -0.4 is 10.9 Å². The van der Waals surface area contributed by atoms with Crippen molar-refractivity contribution >= 4 is 28.2 Å². The van der Waals surface area contributed by atoms with Crippen molar-refractivity contribution in [1.82, 2.24) is 14.8 Å². The second kappa shape index (κ2) is 9.29. The largest absolute Gasteiger partial charge is 0.322 e. The Balaban J connectivity index is 1.46. The molecule has 1 aromatic heterocycles. The van der Waals surface area contributed by atoms with Gasteiger partial charge in [0.2, 0.25) is 5.56 Å². The van der Waals surface area contributed by atoms with Crippen molar-refractivity contribution < 1.29 is 9.72 Å². The molecule has 0 radical (unpaired) electrons. The van der Waals surface area contributed by atoms with Gasteiger partial charge in [0, 0.05) is 67.5 Å². The molecule has 0 bridgehead atoms. The number of nitro groups is 1. The van der Waals surface area contributed by atoms with Gasteiger partial charge in [0.25, 0.3) is 11.6 Å². The van der Waals surface area contributed by atoms with E-state index >= 15 is 0 Å². The molecule has 9 nitrogen and oxygen atoms in total. The molecule has 2 aromatic carbocycles. The lowest BCUT2D eigenvalue weighted by Crippen LogP contribution is -2.45. The average Bonchev–Trinajstić information content (AvgIpc) is 2.78. The van der Waals surface area contributed by atoms with Gasteiger partial charge >= 0.3 is 0 Å². The number of carbonyl (C=O) groups excluding carboxylic acids is 1.